The summed E-state index contributed by atoms with van der Waals surface area (Å²) in [5.74, 6) is 0.474. The molecule has 0 spiro atoms. The molecule has 1 aromatic rings. The van der Waals surface area contributed by atoms with Gasteiger partial charge in [0.2, 0.25) is 0 Å². The summed E-state index contributed by atoms with van der Waals surface area (Å²) in [6.45, 7) is -0.405. The quantitative estimate of drug-likeness (QED) is 0.334. The van der Waals surface area contributed by atoms with Gasteiger partial charge in [0.1, 0.15) is 30.2 Å². The van der Waals surface area contributed by atoms with E-state index < -0.39 is 37.3 Å². The number of rotatable bonds is 2. The lowest BCUT2D eigenvalue weighted by Crippen LogP contribution is -2.41. The van der Waals surface area contributed by atoms with Crippen LogP contribution < -0.4 is 16.8 Å². The van der Waals surface area contributed by atoms with Gasteiger partial charge in [0.05, 0.1) is 12.9 Å². The largest absolute Gasteiger partial charge is 0.394 e. The number of ether oxygens (including phenoxy) is 1. The Morgan fingerprint density at radius 3 is 2.80 bits per heavy atom. The minimum atomic E-state index is -1.21. The lowest BCUT2D eigenvalue weighted by atomic mass is 10.1. The number of nitrogens with zero attached hydrogens (tertiary/aromatic N) is 3. The van der Waals surface area contributed by atoms with Gasteiger partial charge < -0.3 is 36.8 Å². The van der Waals surface area contributed by atoms with Crippen LogP contribution in [0.5, 0.6) is 0 Å². The van der Waals surface area contributed by atoms with E-state index in [4.69, 9.17) is 21.3 Å². The van der Waals surface area contributed by atoms with Gasteiger partial charge in [0, 0.05) is 0 Å². The van der Waals surface area contributed by atoms with Gasteiger partial charge in [-0.2, -0.15) is 4.99 Å². The number of guanidine groups is 1. The van der Waals surface area contributed by atoms with Crippen molar-refractivity contribution in [2.45, 2.75) is 30.7 Å². The van der Waals surface area contributed by atoms with E-state index in [0.29, 0.717) is 11.5 Å². The van der Waals surface area contributed by atoms with Crippen LogP contribution in [0.15, 0.2) is 11.3 Å². The fraction of sp³-hybridized carbons (Fsp3) is 0.600. The first kappa shape index (κ1) is 13.3. The van der Waals surface area contributed by atoms with Crippen molar-refractivity contribution in [2.75, 3.05) is 6.61 Å². The molecule has 0 amide bonds. The number of aromatic nitrogens is 2. The number of nitrogens with two attached hydrogens (primary N) is 2. The summed E-state index contributed by atoms with van der Waals surface area (Å²) < 4.78 is 6.85. The first-order chi connectivity index (χ1) is 9.52. The molecule has 0 radical (unpaired) electrons. The number of aliphatic imine (C=N–C) groups is 1. The van der Waals surface area contributed by atoms with Crippen molar-refractivity contribution in [3.63, 3.8) is 0 Å². The van der Waals surface area contributed by atoms with Crippen molar-refractivity contribution in [1.29, 1.82) is 0 Å². The van der Waals surface area contributed by atoms with Crippen molar-refractivity contribution in [3.8, 4) is 0 Å². The van der Waals surface area contributed by atoms with Crippen LogP contribution in [0.2, 0.25) is 0 Å². The van der Waals surface area contributed by atoms with Crippen molar-refractivity contribution >= 4 is 11.8 Å². The van der Waals surface area contributed by atoms with E-state index in [-0.39, 0.29) is 5.96 Å². The van der Waals surface area contributed by atoms with Gasteiger partial charge >= 0.3 is 0 Å². The Morgan fingerprint density at radius 2 is 2.15 bits per heavy atom. The highest BCUT2D eigenvalue weighted by Gasteiger charge is 2.44. The van der Waals surface area contributed by atoms with E-state index in [1.807, 2.05) is 0 Å². The van der Waals surface area contributed by atoms with E-state index in [1.165, 1.54) is 10.9 Å². The van der Waals surface area contributed by atoms with Gasteiger partial charge in [0.25, 0.3) is 0 Å². The Labute approximate surface area is 113 Å². The monoisotopic (exact) mass is 284 g/mol. The molecule has 110 valence electrons. The van der Waals surface area contributed by atoms with Crippen LogP contribution in [-0.4, -0.2) is 55.7 Å². The van der Waals surface area contributed by atoms with E-state index in [9.17, 15) is 10.2 Å². The van der Waals surface area contributed by atoms with Gasteiger partial charge in [0.15, 0.2) is 18.0 Å². The summed E-state index contributed by atoms with van der Waals surface area (Å²) in [7, 11) is 0. The Hall–Kier alpha value is -1.72. The Kier molecular flexibility index (Phi) is 3.11. The Morgan fingerprint density at radius 1 is 1.40 bits per heavy atom. The summed E-state index contributed by atoms with van der Waals surface area (Å²) >= 11 is 0. The minimum absolute atomic E-state index is 0.124. The topological polar surface area (TPSA) is 164 Å². The molecule has 20 heavy (non-hydrogen) atoms. The van der Waals surface area contributed by atoms with Crippen LogP contribution >= 0.6 is 0 Å². The second kappa shape index (κ2) is 4.68. The molecule has 2 aliphatic heterocycles. The summed E-state index contributed by atoms with van der Waals surface area (Å²) in [5, 5.41) is 31.6. The van der Waals surface area contributed by atoms with Gasteiger partial charge in [-0.3, -0.25) is 4.57 Å². The predicted octanol–water partition coefficient (Wildman–Crippen LogP) is -3.00. The maximum absolute atomic E-state index is 10.0. The molecule has 0 aliphatic carbocycles. The van der Waals surface area contributed by atoms with Crippen LogP contribution in [0, 0.1) is 0 Å². The molecule has 0 saturated carbocycles. The summed E-state index contributed by atoms with van der Waals surface area (Å²) in [5.41, 5.74) is 11.9. The van der Waals surface area contributed by atoms with E-state index >= 15 is 0 Å². The lowest BCUT2D eigenvalue weighted by molar-refractivity contribution is -0.0520. The third kappa shape index (κ3) is 1.85. The number of hydrogen-bond acceptors (Lipinski definition) is 9. The molecule has 1 saturated heterocycles. The standard InChI is InChI=1S/C10H16N6O4/c11-7-4-8(15-10(12)14-7)16(2-13-4)9-6(19)5(18)3(1-17)20-9/h2-3,5-7,9,17-19H,1,11H2,(H3,12,14,15). The average Bonchev–Trinajstić information content (AvgIpc) is 2.93. The minimum Gasteiger partial charge on any atom is -0.394 e. The first-order valence-electron chi connectivity index (χ1n) is 6.08. The van der Waals surface area contributed by atoms with Crippen LogP contribution in [0.4, 0.5) is 5.82 Å². The molecule has 3 rings (SSSR count). The molecule has 3 heterocycles. The molecule has 1 aromatic heterocycles. The number of imidazole rings is 1. The van der Waals surface area contributed by atoms with Gasteiger partial charge in [-0.05, 0) is 0 Å². The summed E-state index contributed by atoms with van der Waals surface area (Å²) in [4.78, 5) is 8.18. The van der Waals surface area contributed by atoms with Crippen LogP contribution in [0.3, 0.4) is 0 Å². The highest BCUT2D eigenvalue weighted by atomic mass is 16.6. The SMILES string of the molecule is NC1=Nc2c(ncn2C2OC(CO)C(O)C2O)C(N)N1. The zero-order valence-electron chi connectivity index (χ0n) is 10.4. The van der Waals surface area contributed by atoms with E-state index in [1.54, 1.807) is 0 Å². The van der Waals surface area contributed by atoms with E-state index in [0.717, 1.165) is 0 Å². The van der Waals surface area contributed by atoms with Crippen LogP contribution in [0.25, 0.3) is 0 Å². The maximum atomic E-state index is 10.0. The number of aliphatic hydroxyl groups excluding tert-OH is 3. The van der Waals surface area contributed by atoms with Crippen LogP contribution in [-0.2, 0) is 4.74 Å². The molecular weight excluding hydrogens is 268 g/mol. The van der Waals surface area contributed by atoms with Crippen molar-refractivity contribution in [3.05, 3.63) is 12.0 Å². The molecule has 1 fully saturated rings. The summed E-state index contributed by atoms with van der Waals surface area (Å²) in [6, 6.07) is 0. The van der Waals surface area contributed by atoms with E-state index in [2.05, 4.69) is 15.3 Å². The molecular formula is C10H16N6O4. The number of hydrogen-bond donors (Lipinski definition) is 6. The van der Waals surface area contributed by atoms with Gasteiger partial charge in [-0.25, -0.2) is 4.98 Å². The molecule has 0 bridgehead atoms. The van der Waals surface area contributed by atoms with Gasteiger partial charge in [-0.15, -0.1) is 0 Å². The molecule has 10 nitrogen and oxygen atoms in total. The first-order valence-corrected chi connectivity index (χ1v) is 6.08. The molecule has 2 aliphatic rings. The molecule has 8 N–H and O–H groups in total. The summed E-state index contributed by atoms with van der Waals surface area (Å²) in [6.07, 6.45) is -3.41. The molecule has 5 unspecified atom stereocenters. The number of fused-ring (bicyclic) bond motifs is 1. The maximum Gasteiger partial charge on any atom is 0.196 e. The van der Waals surface area contributed by atoms with Crippen molar-refractivity contribution in [1.82, 2.24) is 14.9 Å². The molecule has 5 atom stereocenters. The third-order valence-corrected chi connectivity index (χ3v) is 3.41. The Bertz CT molecular complexity index is 546. The second-order valence-corrected chi connectivity index (χ2v) is 4.71. The fourth-order valence-corrected chi connectivity index (χ4v) is 2.37. The normalized spacial score (nSPS) is 36.4. The average molecular weight is 284 g/mol. The number of nitrogens with one attached hydrogen (secondary N) is 1. The van der Waals surface area contributed by atoms with Crippen molar-refractivity contribution in [2.24, 2.45) is 16.5 Å². The van der Waals surface area contributed by atoms with Crippen molar-refractivity contribution < 1.29 is 20.1 Å². The van der Waals surface area contributed by atoms with Gasteiger partial charge in [-0.1, -0.05) is 0 Å². The molecule has 0 aromatic carbocycles. The highest BCUT2D eigenvalue weighted by molar-refractivity contribution is 5.83. The fourth-order valence-electron chi connectivity index (χ4n) is 2.37. The zero-order valence-corrected chi connectivity index (χ0v) is 10.4. The highest BCUT2D eigenvalue weighted by Crippen LogP contribution is 2.35. The lowest BCUT2D eigenvalue weighted by Gasteiger charge is -2.22. The third-order valence-electron chi connectivity index (χ3n) is 3.41. The smallest absolute Gasteiger partial charge is 0.196 e. The predicted molar refractivity (Wildman–Crippen MR) is 66.6 cm³/mol. The van der Waals surface area contributed by atoms with Crippen LogP contribution in [0.1, 0.15) is 18.1 Å². The Balaban J connectivity index is 1.97. The second-order valence-electron chi connectivity index (χ2n) is 4.71. The number of aliphatic hydroxyl groups is 3. The molecule has 10 heteroatoms. The zero-order chi connectivity index (χ0) is 14.4.